The van der Waals surface area contributed by atoms with Gasteiger partial charge in [-0.2, -0.15) is 5.26 Å². The largest absolute Gasteiger partial charge is 0.280 e. The van der Waals surface area contributed by atoms with Gasteiger partial charge in [-0.05, 0) is 18.2 Å². The molecule has 1 aromatic carbocycles. The van der Waals surface area contributed by atoms with E-state index >= 15 is 0 Å². The van der Waals surface area contributed by atoms with Crippen LogP contribution in [0.1, 0.15) is 0 Å². The number of halogens is 2. The first kappa shape index (κ1) is 11.8. The van der Waals surface area contributed by atoms with E-state index in [1.54, 1.807) is 0 Å². The fourth-order valence-corrected chi connectivity index (χ4v) is 1.76. The molecule has 0 aliphatic rings. The first-order valence-corrected chi connectivity index (χ1v) is 5.80. The van der Waals surface area contributed by atoms with Gasteiger partial charge in [0, 0.05) is 5.02 Å². The lowest BCUT2D eigenvalue weighted by molar-refractivity contribution is 0.601. The molecule has 0 fully saturated rings. The van der Waals surface area contributed by atoms with Crippen LogP contribution in [0.5, 0.6) is 0 Å². The Balaban J connectivity index is 2.96. The van der Waals surface area contributed by atoms with Crippen LogP contribution in [0.3, 0.4) is 0 Å². The van der Waals surface area contributed by atoms with Crippen LogP contribution in [0.15, 0.2) is 18.2 Å². The summed E-state index contributed by atoms with van der Waals surface area (Å²) in [6.07, 6.45) is 0. The van der Waals surface area contributed by atoms with Crippen LogP contribution in [-0.2, 0) is 10.0 Å². The van der Waals surface area contributed by atoms with Gasteiger partial charge >= 0.3 is 0 Å². The third-order valence-electron chi connectivity index (χ3n) is 1.45. The number of benzene rings is 1. The molecule has 0 radical (unpaired) electrons. The van der Waals surface area contributed by atoms with Gasteiger partial charge in [-0.25, -0.2) is 12.8 Å². The molecule has 0 aliphatic carbocycles. The molecule has 7 heteroatoms. The lowest BCUT2D eigenvalue weighted by Gasteiger charge is -2.05. The fourth-order valence-electron chi connectivity index (χ4n) is 0.861. The Morgan fingerprint density at radius 1 is 1.53 bits per heavy atom. The number of rotatable bonds is 3. The first-order valence-electron chi connectivity index (χ1n) is 3.77. The summed E-state index contributed by atoms with van der Waals surface area (Å²) < 4.78 is 37.3. The number of anilines is 1. The highest BCUT2D eigenvalue weighted by molar-refractivity contribution is 7.92. The topological polar surface area (TPSA) is 70.0 Å². The average molecular weight is 249 g/mol. The van der Waals surface area contributed by atoms with E-state index < -0.39 is 21.6 Å². The Hall–Kier alpha value is -1.32. The predicted octanol–water partition coefficient (Wildman–Crippen LogP) is 1.74. The zero-order valence-corrected chi connectivity index (χ0v) is 8.94. The Kier molecular flexibility index (Phi) is 3.50. The number of hydrogen-bond donors (Lipinski definition) is 1. The summed E-state index contributed by atoms with van der Waals surface area (Å²) in [5.74, 6) is -1.52. The Morgan fingerprint density at radius 2 is 2.20 bits per heavy atom. The van der Waals surface area contributed by atoms with Crippen molar-refractivity contribution in [2.24, 2.45) is 0 Å². The molecule has 80 valence electrons. The maximum atomic E-state index is 13.1. The molecule has 0 saturated carbocycles. The van der Waals surface area contributed by atoms with E-state index in [-0.39, 0.29) is 10.7 Å². The van der Waals surface area contributed by atoms with Gasteiger partial charge in [0.2, 0.25) is 10.0 Å². The molecule has 0 amide bonds. The minimum absolute atomic E-state index is 0.163. The molecular formula is C8H6ClFN2O2S. The molecule has 0 unspecified atom stereocenters. The zero-order valence-electron chi connectivity index (χ0n) is 7.37. The van der Waals surface area contributed by atoms with Crippen molar-refractivity contribution in [2.45, 2.75) is 0 Å². The molecule has 1 N–H and O–H groups in total. The second-order valence-corrected chi connectivity index (χ2v) is 4.80. The number of sulfonamides is 1. The molecule has 0 atom stereocenters. The molecule has 0 bridgehead atoms. The highest BCUT2D eigenvalue weighted by Crippen LogP contribution is 2.19. The van der Waals surface area contributed by atoms with Crippen molar-refractivity contribution in [2.75, 3.05) is 10.5 Å². The molecule has 1 rings (SSSR count). The predicted molar refractivity (Wildman–Crippen MR) is 54.4 cm³/mol. The fraction of sp³-hybridized carbons (Fsp3) is 0.125. The average Bonchev–Trinajstić information content (AvgIpc) is 2.09. The van der Waals surface area contributed by atoms with Gasteiger partial charge in [-0.15, -0.1) is 0 Å². The third-order valence-corrected chi connectivity index (χ3v) is 2.73. The van der Waals surface area contributed by atoms with Crippen LogP contribution in [-0.4, -0.2) is 14.2 Å². The van der Waals surface area contributed by atoms with Gasteiger partial charge in [-0.1, -0.05) is 11.6 Å². The van der Waals surface area contributed by atoms with E-state index in [1.807, 2.05) is 4.72 Å². The summed E-state index contributed by atoms with van der Waals surface area (Å²) in [5, 5.41) is 8.37. The van der Waals surface area contributed by atoms with Gasteiger partial charge in [-0.3, -0.25) is 4.72 Å². The third kappa shape index (κ3) is 3.38. The smallest absolute Gasteiger partial charge is 0.246 e. The summed E-state index contributed by atoms with van der Waals surface area (Å²) in [6, 6.07) is 4.97. The summed E-state index contributed by atoms with van der Waals surface area (Å²) >= 11 is 5.48. The molecule has 0 aliphatic heterocycles. The van der Waals surface area contributed by atoms with Crippen molar-refractivity contribution < 1.29 is 12.8 Å². The highest BCUT2D eigenvalue weighted by Gasteiger charge is 2.12. The van der Waals surface area contributed by atoms with Crippen LogP contribution in [0, 0.1) is 17.1 Å². The monoisotopic (exact) mass is 248 g/mol. The van der Waals surface area contributed by atoms with Crippen molar-refractivity contribution in [1.29, 1.82) is 5.26 Å². The maximum absolute atomic E-state index is 13.1. The number of nitriles is 1. The van der Waals surface area contributed by atoms with Crippen molar-refractivity contribution >= 4 is 27.3 Å². The quantitative estimate of drug-likeness (QED) is 0.886. The highest BCUT2D eigenvalue weighted by atomic mass is 35.5. The minimum atomic E-state index is -3.81. The molecule has 0 heterocycles. The normalized spacial score (nSPS) is 10.7. The van der Waals surface area contributed by atoms with Crippen LogP contribution in [0.25, 0.3) is 0 Å². The van der Waals surface area contributed by atoms with Crippen molar-refractivity contribution in [3.05, 3.63) is 29.0 Å². The summed E-state index contributed by atoms with van der Waals surface area (Å²) in [6.45, 7) is 0. The molecule has 1 aromatic rings. The van der Waals surface area contributed by atoms with E-state index in [9.17, 15) is 12.8 Å². The minimum Gasteiger partial charge on any atom is -0.280 e. The van der Waals surface area contributed by atoms with Crippen molar-refractivity contribution in [3.63, 3.8) is 0 Å². The standard InChI is InChI=1S/C8H6ClFN2O2S/c9-6-1-2-8(7(10)5-6)12-15(13,14)4-3-11/h1-2,5,12H,4H2. The Labute approximate surface area is 91.3 Å². The van der Waals surface area contributed by atoms with Crippen LogP contribution < -0.4 is 4.72 Å². The Bertz CT molecular complexity index is 510. The Morgan fingerprint density at radius 3 is 2.73 bits per heavy atom. The second-order valence-electron chi connectivity index (χ2n) is 2.64. The SMILES string of the molecule is N#CCS(=O)(=O)Nc1ccc(Cl)cc1F. The van der Waals surface area contributed by atoms with Crippen LogP contribution in [0.2, 0.25) is 5.02 Å². The molecule has 0 saturated heterocycles. The van der Waals surface area contributed by atoms with E-state index in [0.717, 1.165) is 6.07 Å². The lowest BCUT2D eigenvalue weighted by atomic mass is 10.3. The summed E-state index contributed by atoms with van der Waals surface area (Å²) in [4.78, 5) is 0. The van der Waals surface area contributed by atoms with E-state index in [4.69, 9.17) is 16.9 Å². The van der Waals surface area contributed by atoms with Gasteiger partial charge in [0.05, 0.1) is 11.8 Å². The van der Waals surface area contributed by atoms with Crippen molar-refractivity contribution in [1.82, 2.24) is 0 Å². The molecule has 0 aromatic heterocycles. The first-order chi connectivity index (χ1) is 6.94. The number of nitrogens with one attached hydrogen (secondary N) is 1. The number of nitrogens with zero attached hydrogens (tertiary/aromatic N) is 1. The van der Waals surface area contributed by atoms with Crippen molar-refractivity contribution in [3.8, 4) is 6.07 Å². The molecule has 15 heavy (non-hydrogen) atoms. The van der Waals surface area contributed by atoms with Gasteiger partial charge in [0.15, 0.2) is 5.75 Å². The number of hydrogen-bond acceptors (Lipinski definition) is 3. The van der Waals surface area contributed by atoms with E-state index in [0.29, 0.717) is 0 Å². The maximum Gasteiger partial charge on any atom is 0.246 e. The van der Waals surface area contributed by atoms with Crippen LogP contribution in [0.4, 0.5) is 10.1 Å². The molecule has 4 nitrogen and oxygen atoms in total. The van der Waals surface area contributed by atoms with E-state index in [1.165, 1.54) is 18.2 Å². The summed E-state index contributed by atoms with van der Waals surface area (Å²) in [7, 11) is -3.81. The van der Waals surface area contributed by atoms with E-state index in [2.05, 4.69) is 0 Å². The molecular weight excluding hydrogens is 243 g/mol. The second kappa shape index (κ2) is 4.47. The van der Waals surface area contributed by atoms with Gasteiger partial charge in [0.25, 0.3) is 0 Å². The van der Waals surface area contributed by atoms with Gasteiger partial charge in [0.1, 0.15) is 5.82 Å². The summed E-state index contributed by atoms with van der Waals surface area (Å²) in [5.41, 5.74) is -0.227. The van der Waals surface area contributed by atoms with Gasteiger partial charge < -0.3 is 0 Å². The lowest BCUT2D eigenvalue weighted by Crippen LogP contribution is -2.16. The molecule has 0 spiro atoms. The zero-order chi connectivity index (χ0) is 11.5. The van der Waals surface area contributed by atoms with Crippen LogP contribution >= 0.6 is 11.6 Å².